The Morgan fingerprint density at radius 1 is 0.976 bits per heavy atom. The van der Waals surface area contributed by atoms with Crippen LogP contribution in [0.2, 0.25) is 18.1 Å². The molecule has 1 aliphatic carbocycles. The molecule has 1 N–H and O–H groups in total. The van der Waals surface area contributed by atoms with Crippen LogP contribution in [0, 0.1) is 11.3 Å². The molecule has 0 bridgehead atoms. The fourth-order valence-corrected chi connectivity index (χ4v) is 6.55. The summed E-state index contributed by atoms with van der Waals surface area (Å²) in [5.74, 6) is -0.833. The molecule has 226 valence electrons. The van der Waals surface area contributed by atoms with Crippen LogP contribution in [0.4, 0.5) is 0 Å². The number of methoxy groups -OCH3 is 1. The highest BCUT2D eigenvalue weighted by atomic mass is 28.4. The molecule has 0 amide bonds. The van der Waals surface area contributed by atoms with Crippen LogP contribution in [0.5, 0.6) is 0 Å². The third kappa shape index (κ3) is 8.85. The summed E-state index contributed by atoms with van der Waals surface area (Å²) in [6.45, 7) is 15.5. The third-order valence-electron chi connectivity index (χ3n) is 8.93. The zero-order valence-corrected chi connectivity index (χ0v) is 27.0. The first-order valence-electron chi connectivity index (χ1n) is 14.7. The standard InChI is InChI=1S/C34H50O6Si/c1-32(2,3)41(6,7)40-30(19-14-22-38-24-27-15-10-8-11-16-27)33(4)20-21-34(36,31(35)37-5)23-29(33)26-39-25-28-17-12-9-13-18-28/h8-13,15-18,20-21,29-30,36H,14,19,22-26H2,1-7H3/t29-,30+,33-,34?/m1/s1. The Labute approximate surface area is 248 Å². The second-order valence-corrected chi connectivity index (χ2v) is 17.8. The molecule has 6 nitrogen and oxygen atoms in total. The quantitative estimate of drug-likeness (QED) is 0.111. The maximum absolute atomic E-state index is 12.6. The van der Waals surface area contributed by atoms with Crippen LogP contribution in [0.15, 0.2) is 72.8 Å². The van der Waals surface area contributed by atoms with Gasteiger partial charge in [0.05, 0.1) is 33.0 Å². The Kier molecular flexibility index (Phi) is 11.5. The van der Waals surface area contributed by atoms with Gasteiger partial charge in [0.25, 0.3) is 0 Å². The molecule has 0 radical (unpaired) electrons. The molecule has 41 heavy (non-hydrogen) atoms. The number of hydrogen-bond donors (Lipinski definition) is 1. The maximum atomic E-state index is 12.6. The van der Waals surface area contributed by atoms with Gasteiger partial charge in [-0.3, -0.25) is 0 Å². The summed E-state index contributed by atoms with van der Waals surface area (Å²) in [6, 6.07) is 20.2. The number of benzene rings is 2. The highest BCUT2D eigenvalue weighted by Gasteiger charge is 2.52. The zero-order chi connectivity index (χ0) is 30.2. The minimum atomic E-state index is -2.17. The molecule has 7 heteroatoms. The van der Waals surface area contributed by atoms with Gasteiger partial charge in [-0.15, -0.1) is 0 Å². The zero-order valence-electron chi connectivity index (χ0n) is 26.0. The molecule has 0 spiro atoms. The third-order valence-corrected chi connectivity index (χ3v) is 13.4. The van der Waals surface area contributed by atoms with Crippen molar-refractivity contribution < 1.29 is 28.5 Å². The van der Waals surface area contributed by atoms with Crippen molar-refractivity contribution in [2.75, 3.05) is 20.3 Å². The average Bonchev–Trinajstić information content (AvgIpc) is 2.94. The van der Waals surface area contributed by atoms with Gasteiger partial charge in [0.15, 0.2) is 13.9 Å². The topological polar surface area (TPSA) is 74.2 Å². The number of carbonyl (C=O) groups excluding carboxylic acids is 1. The summed E-state index contributed by atoms with van der Waals surface area (Å²) < 4.78 is 24.4. The van der Waals surface area contributed by atoms with Gasteiger partial charge >= 0.3 is 5.97 Å². The summed E-state index contributed by atoms with van der Waals surface area (Å²) in [5.41, 5.74) is 0.0521. The SMILES string of the molecule is COC(=O)C1(O)C=C[C@@](C)([C@H](CCCOCc2ccccc2)O[Si](C)(C)C(C)(C)C)[C@@H](COCc2ccccc2)C1. The fraction of sp³-hybridized carbons (Fsp3) is 0.559. The first kappa shape index (κ1) is 33.2. The minimum absolute atomic E-state index is 0.0237. The van der Waals surface area contributed by atoms with Crippen molar-refractivity contribution in [2.24, 2.45) is 11.3 Å². The Hall–Kier alpha value is -2.29. The fourth-order valence-electron chi connectivity index (χ4n) is 5.11. The van der Waals surface area contributed by atoms with E-state index >= 15 is 0 Å². The summed E-state index contributed by atoms with van der Waals surface area (Å²) in [4.78, 5) is 12.6. The monoisotopic (exact) mass is 582 g/mol. The van der Waals surface area contributed by atoms with E-state index in [4.69, 9.17) is 18.6 Å². The predicted octanol–water partition coefficient (Wildman–Crippen LogP) is 7.08. The van der Waals surface area contributed by atoms with Gasteiger partial charge < -0.3 is 23.7 Å². The molecular formula is C34H50O6Si. The number of aliphatic hydroxyl groups is 1. The van der Waals surface area contributed by atoms with Crippen LogP contribution >= 0.6 is 0 Å². The van der Waals surface area contributed by atoms with Gasteiger partial charge in [-0.25, -0.2) is 4.79 Å². The van der Waals surface area contributed by atoms with Crippen LogP contribution in [0.25, 0.3) is 0 Å². The second kappa shape index (κ2) is 14.3. The lowest BCUT2D eigenvalue weighted by atomic mass is 9.64. The number of ether oxygens (including phenoxy) is 3. The predicted molar refractivity (Wildman–Crippen MR) is 166 cm³/mol. The largest absolute Gasteiger partial charge is 0.467 e. The Morgan fingerprint density at radius 2 is 1.54 bits per heavy atom. The van der Waals surface area contributed by atoms with Crippen LogP contribution < -0.4 is 0 Å². The minimum Gasteiger partial charge on any atom is -0.467 e. The normalized spacial score (nSPS) is 23.8. The molecular weight excluding hydrogens is 532 g/mol. The second-order valence-electron chi connectivity index (χ2n) is 13.1. The van der Waals surface area contributed by atoms with E-state index in [9.17, 15) is 9.90 Å². The van der Waals surface area contributed by atoms with Gasteiger partial charge in [-0.05, 0) is 60.5 Å². The lowest BCUT2D eigenvalue weighted by Crippen LogP contribution is -2.55. The van der Waals surface area contributed by atoms with E-state index in [0.29, 0.717) is 26.4 Å². The molecule has 0 aliphatic heterocycles. The molecule has 1 aliphatic rings. The van der Waals surface area contributed by atoms with Crippen molar-refractivity contribution in [1.29, 1.82) is 0 Å². The number of carbonyl (C=O) groups is 1. The van der Waals surface area contributed by atoms with E-state index in [2.05, 4.69) is 52.9 Å². The van der Waals surface area contributed by atoms with E-state index in [-0.39, 0.29) is 23.5 Å². The van der Waals surface area contributed by atoms with Crippen molar-refractivity contribution >= 4 is 14.3 Å². The van der Waals surface area contributed by atoms with Crippen LogP contribution in [-0.2, 0) is 36.6 Å². The van der Waals surface area contributed by atoms with Crippen molar-refractivity contribution in [1.82, 2.24) is 0 Å². The Balaban J connectivity index is 1.83. The van der Waals surface area contributed by atoms with Gasteiger partial charge in [-0.1, -0.05) is 94.4 Å². The van der Waals surface area contributed by atoms with Gasteiger partial charge in [-0.2, -0.15) is 0 Å². The Morgan fingerprint density at radius 3 is 2.07 bits per heavy atom. The molecule has 0 saturated heterocycles. The molecule has 3 rings (SSSR count). The molecule has 0 saturated carbocycles. The first-order chi connectivity index (χ1) is 19.3. The van der Waals surface area contributed by atoms with Gasteiger partial charge in [0.2, 0.25) is 0 Å². The Bertz CT molecular complexity index is 1110. The van der Waals surface area contributed by atoms with Crippen molar-refractivity contribution in [3.63, 3.8) is 0 Å². The van der Waals surface area contributed by atoms with Crippen molar-refractivity contribution in [2.45, 2.75) is 90.0 Å². The van der Waals surface area contributed by atoms with Gasteiger partial charge in [0.1, 0.15) is 0 Å². The molecule has 2 aromatic carbocycles. The highest BCUT2D eigenvalue weighted by molar-refractivity contribution is 6.74. The average molecular weight is 583 g/mol. The smallest absolute Gasteiger partial charge is 0.341 e. The van der Waals surface area contributed by atoms with Crippen LogP contribution in [0.1, 0.15) is 58.1 Å². The summed E-state index contributed by atoms with van der Waals surface area (Å²) in [7, 11) is -0.860. The molecule has 0 fully saturated rings. The number of hydrogen-bond acceptors (Lipinski definition) is 6. The molecule has 4 atom stereocenters. The summed E-state index contributed by atoms with van der Waals surface area (Å²) in [6.07, 6.45) is 5.26. The van der Waals surface area contributed by atoms with Gasteiger partial charge in [0, 0.05) is 12.0 Å². The van der Waals surface area contributed by atoms with E-state index in [1.807, 2.05) is 54.6 Å². The van der Waals surface area contributed by atoms with Crippen molar-refractivity contribution in [3.05, 3.63) is 83.9 Å². The number of rotatable bonds is 14. The number of esters is 1. The van der Waals surface area contributed by atoms with E-state index < -0.39 is 25.3 Å². The molecule has 1 unspecified atom stereocenters. The van der Waals surface area contributed by atoms with Crippen molar-refractivity contribution in [3.8, 4) is 0 Å². The summed E-state index contributed by atoms with van der Waals surface area (Å²) >= 11 is 0. The molecule has 0 aromatic heterocycles. The molecule has 0 heterocycles. The lowest BCUT2D eigenvalue weighted by molar-refractivity contribution is -0.162. The van der Waals surface area contributed by atoms with E-state index in [1.54, 1.807) is 6.08 Å². The lowest BCUT2D eigenvalue weighted by Gasteiger charge is -2.50. The van der Waals surface area contributed by atoms with Crippen LogP contribution in [-0.4, -0.2) is 51.4 Å². The highest BCUT2D eigenvalue weighted by Crippen LogP contribution is 2.48. The van der Waals surface area contributed by atoms with Crippen LogP contribution in [0.3, 0.4) is 0 Å². The van der Waals surface area contributed by atoms with E-state index in [0.717, 1.165) is 24.0 Å². The summed E-state index contributed by atoms with van der Waals surface area (Å²) in [5, 5.41) is 11.3. The molecule has 2 aromatic rings. The maximum Gasteiger partial charge on any atom is 0.341 e. The first-order valence-corrected chi connectivity index (χ1v) is 17.6. The van der Waals surface area contributed by atoms with E-state index in [1.165, 1.54) is 7.11 Å².